The minimum atomic E-state index is -4.01. The summed E-state index contributed by atoms with van der Waals surface area (Å²) in [5.74, 6) is 0. The Kier molecular flexibility index (Phi) is 3.76. The van der Waals surface area contributed by atoms with Crippen molar-refractivity contribution >= 4 is 27.7 Å². The molecule has 0 spiro atoms. The summed E-state index contributed by atoms with van der Waals surface area (Å²) in [6, 6.07) is 5.21. The number of carbonyl (C=O) groups is 1. The second-order valence-corrected chi connectivity index (χ2v) is 6.33. The normalized spacial score (nSPS) is 14.2. The Bertz CT molecular complexity index is 628. The summed E-state index contributed by atoms with van der Waals surface area (Å²) < 4.78 is 32.1. The maximum absolute atomic E-state index is 12.2. The fourth-order valence-electron chi connectivity index (χ4n) is 2.09. The van der Waals surface area contributed by atoms with Crippen molar-refractivity contribution in [3.8, 4) is 0 Å². The highest BCUT2D eigenvalue weighted by molar-refractivity contribution is 7.91. The third-order valence-electron chi connectivity index (χ3n) is 2.83. The highest BCUT2D eigenvalue weighted by atomic mass is 32.2. The molecular weight excluding hydrogens is 282 g/mol. The lowest BCUT2D eigenvalue weighted by Gasteiger charge is -2.21. The lowest BCUT2D eigenvalue weighted by molar-refractivity contribution is 0.121. The Morgan fingerprint density at radius 1 is 1.45 bits per heavy atom. The zero-order valence-electron chi connectivity index (χ0n) is 11.3. The van der Waals surface area contributed by atoms with Gasteiger partial charge in [-0.15, -0.1) is 0 Å². The van der Waals surface area contributed by atoms with Crippen LogP contribution in [0.3, 0.4) is 0 Å². The van der Waals surface area contributed by atoms with Gasteiger partial charge in [0.15, 0.2) is 0 Å². The number of carbonyl (C=O) groups excluding carboxylic acids is 1. The van der Waals surface area contributed by atoms with E-state index in [9.17, 15) is 13.2 Å². The van der Waals surface area contributed by atoms with Gasteiger partial charge in [0.2, 0.25) is 0 Å². The monoisotopic (exact) mass is 299 g/mol. The Hall–Kier alpha value is -1.96. The maximum atomic E-state index is 12.2. The van der Waals surface area contributed by atoms with Gasteiger partial charge in [-0.3, -0.25) is 4.31 Å². The van der Waals surface area contributed by atoms with Gasteiger partial charge in [0.25, 0.3) is 0 Å². The number of nitrogens with one attached hydrogen (secondary N) is 1. The number of anilines is 2. The summed E-state index contributed by atoms with van der Waals surface area (Å²) >= 11 is 0. The van der Waals surface area contributed by atoms with Gasteiger partial charge in [-0.05, 0) is 31.9 Å². The number of hydrogen-bond acceptors (Lipinski definition) is 5. The van der Waals surface area contributed by atoms with Crippen LogP contribution < -0.4 is 14.8 Å². The Morgan fingerprint density at radius 3 is 2.80 bits per heavy atom. The molecule has 20 heavy (non-hydrogen) atoms. The standard InChI is InChI=1S/C12H17N3O4S/c1-8(2)19-12(16)14-20(17,18)15-7-6-9-4-3-5-10(13)11(9)15/h3-5,8H,6-7,13H2,1-2H3,(H,14,16). The molecule has 1 amide bonds. The van der Waals surface area contributed by atoms with Crippen LogP contribution in [-0.2, 0) is 21.4 Å². The molecular formula is C12H17N3O4S. The van der Waals surface area contributed by atoms with Crippen LogP contribution in [-0.4, -0.2) is 27.2 Å². The molecule has 1 aromatic carbocycles. The fourth-order valence-corrected chi connectivity index (χ4v) is 3.25. The number of ether oxygens (including phenoxy) is 1. The second kappa shape index (κ2) is 5.20. The minimum Gasteiger partial charge on any atom is -0.446 e. The van der Waals surface area contributed by atoms with Crippen molar-refractivity contribution in [3.05, 3.63) is 23.8 Å². The van der Waals surface area contributed by atoms with E-state index in [0.29, 0.717) is 17.8 Å². The van der Waals surface area contributed by atoms with Gasteiger partial charge >= 0.3 is 16.3 Å². The predicted octanol–water partition coefficient (Wildman–Crippen LogP) is 1.01. The molecule has 0 unspecified atom stereocenters. The van der Waals surface area contributed by atoms with Crippen molar-refractivity contribution in [1.82, 2.24) is 4.72 Å². The van der Waals surface area contributed by atoms with Crippen molar-refractivity contribution in [2.75, 3.05) is 16.6 Å². The number of nitrogens with zero attached hydrogens (tertiary/aromatic N) is 1. The molecule has 0 saturated carbocycles. The third kappa shape index (κ3) is 2.79. The topological polar surface area (TPSA) is 102 Å². The van der Waals surface area contributed by atoms with E-state index in [1.54, 1.807) is 26.0 Å². The van der Waals surface area contributed by atoms with Gasteiger partial charge < -0.3 is 10.5 Å². The van der Waals surface area contributed by atoms with E-state index in [1.165, 1.54) is 0 Å². The quantitative estimate of drug-likeness (QED) is 0.811. The van der Waals surface area contributed by atoms with E-state index in [2.05, 4.69) is 0 Å². The molecule has 110 valence electrons. The smallest absolute Gasteiger partial charge is 0.422 e. The van der Waals surface area contributed by atoms with E-state index >= 15 is 0 Å². The van der Waals surface area contributed by atoms with Crippen molar-refractivity contribution in [3.63, 3.8) is 0 Å². The lowest BCUT2D eigenvalue weighted by Crippen LogP contribution is -2.43. The van der Waals surface area contributed by atoms with Gasteiger partial charge in [-0.2, -0.15) is 8.42 Å². The number of benzene rings is 1. The summed E-state index contributed by atoms with van der Waals surface area (Å²) in [4.78, 5) is 11.5. The number of nitrogens with two attached hydrogens (primary N) is 1. The molecule has 8 heteroatoms. The lowest BCUT2D eigenvalue weighted by atomic mass is 10.1. The Morgan fingerprint density at radius 2 is 2.15 bits per heavy atom. The predicted molar refractivity (Wildman–Crippen MR) is 75.6 cm³/mol. The molecule has 1 aliphatic rings. The average Bonchev–Trinajstić information content (AvgIpc) is 2.72. The molecule has 0 saturated heterocycles. The van der Waals surface area contributed by atoms with Crippen LogP contribution in [0.5, 0.6) is 0 Å². The summed E-state index contributed by atoms with van der Waals surface area (Å²) in [6.45, 7) is 3.51. The summed E-state index contributed by atoms with van der Waals surface area (Å²) in [6.07, 6.45) is -0.843. The number of amides is 1. The molecule has 1 heterocycles. The first-order chi connectivity index (χ1) is 9.31. The Labute approximate surface area is 117 Å². The SMILES string of the molecule is CC(C)OC(=O)NS(=O)(=O)N1CCc2cccc(N)c21. The van der Waals surface area contributed by atoms with Gasteiger partial charge in [-0.25, -0.2) is 9.52 Å². The molecule has 0 aromatic heterocycles. The second-order valence-electron chi connectivity index (χ2n) is 4.74. The number of para-hydroxylation sites is 1. The van der Waals surface area contributed by atoms with Crippen LogP contribution in [0.1, 0.15) is 19.4 Å². The summed E-state index contributed by atoms with van der Waals surface area (Å²) in [5, 5.41) is 0. The molecule has 0 atom stereocenters. The van der Waals surface area contributed by atoms with E-state index in [4.69, 9.17) is 10.5 Å². The van der Waals surface area contributed by atoms with E-state index in [1.807, 2.05) is 10.8 Å². The first-order valence-corrected chi connectivity index (χ1v) is 7.63. The van der Waals surface area contributed by atoms with Gasteiger partial charge in [0.1, 0.15) is 0 Å². The molecule has 3 N–H and O–H groups in total. The molecule has 0 aliphatic carbocycles. The molecule has 2 rings (SSSR count). The van der Waals surface area contributed by atoms with E-state index in [0.717, 1.165) is 9.87 Å². The minimum absolute atomic E-state index is 0.244. The molecule has 7 nitrogen and oxygen atoms in total. The fraction of sp³-hybridized carbons (Fsp3) is 0.417. The van der Waals surface area contributed by atoms with Crippen LogP contribution in [0, 0.1) is 0 Å². The van der Waals surface area contributed by atoms with Crippen LogP contribution in [0.15, 0.2) is 18.2 Å². The maximum Gasteiger partial charge on any atom is 0.422 e. The Balaban J connectivity index is 2.24. The average molecular weight is 299 g/mol. The van der Waals surface area contributed by atoms with Crippen molar-refractivity contribution < 1.29 is 17.9 Å². The van der Waals surface area contributed by atoms with Crippen molar-refractivity contribution in [2.24, 2.45) is 0 Å². The van der Waals surface area contributed by atoms with Gasteiger partial charge in [0, 0.05) is 6.54 Å². The molecule has 0 radical (unpaired) electrons. The first kappa shape index (κ1) is 14.4. The molecule has 0 fully saturated rings. The molecule has 0 bridgehead atoms. The zero-order chi connectivity index (χ0) is 14.9. The highest BCUT2D eigenvalue weighted by Gasteiger charge is 2.32. The van der Waals surface area contributed by atoms with Crippen LogP contribution >= 0.6 is 0 Å². The number of hydrogen-bond donors (Lipinski definition) is 2. The van der Waals surface area contributed by atoms with E-state index in [-0.39, 0.29) is 6.54 Å². The summed E-state index contributed by atoms with van der Waals surface area (Å²) in [5.41, 5.74) is 7.45. The highest BCUT2D eigenvalue weighted by Crippen LogP contribution is 2.34. The number of fused-ring (bicyclic) bond motifs is 1. The van der Waals surface area contributed by atoms with Gasteiger partial charge in [0.05, 0.1) is 17.5 Å². The largest absolute Gasteiger partial charge is 0.446 e. The van der Waals surface area contributed by atoms with Gasteiger partial charge in [-0.1, -0.05) is 12.1 Å². The molecule has 1 aliphatic heterocycles. The first-order valence-electron chi connectivity index (χ1n) is 6.19. The van der Waals surface area contributed by atoms with Crippen molar-refractivity contribution in [2.45, 2.75) is 26.4 Å². The van der Waals surface area contributed by atoms with E-state index < -0.39 is 22.4 Å². The number of rotatable bonds is 3. The summed E-state index contributed by atoms with van der Waals surface area (Å²) in [7, 11) is -4.01. The molecule has 1 aromatic rings. The zero-order valence-corrected chi connectivity index (χ0v) is 12.1. The third-order valence-corrected chi connectivity index (χ3v) is 4.20. The van der Waals surface area contributed by atoms with Crippen molar-refractivity contribution in [1.29, 1.82) is 0 Å². The van der Waals surface area contributed by atoms with Crippen LogP contribution in [0.4, 0.5) is 16.2 Å². The van der Waals surface area contributed by atoms with Crippen LogP contribution in [0.25, 0.3) is 0 Å². The van der Waals surface area contributed by atoms with Crippen LogP contribution in [0.2, 0.25) is 0 Å². The number of nitrogen functional groups attached to an aromatic ring is 1.